The van der Waals surface area contributed by atoms with Gasteiger partial charge in [-0.3, -0.25) is 4.79 Å². The van der Waals surface area contributed by atoms with Crippen molar-refractivity contribution in [2.45, 2.75) is 11.1 Å². The minimum Gasteiger partial charge on any atom is -0.480 e. The summed E-state index contributed by atoms with van der Waals surface area (Å²) >= 11 is 0. The Labute approximate surface area is 107 Å². The van der Waals surface area contributed by atoms with Gasteiger partial charge >= 0.3 is 12.1 Å². The second kappa shape index (κ2) is 5.08. The average Bonchev–Trinajstić information content (AvgIpc) is 2.23. The molecule has 106 valence electrons. The molecular formula is C10H10F3NO4S. The number of nitrogens with one attached hydrogen (secondary N) is 1. The first kappa shape index (κ1) is 15.3. The number of carboxylic acid groups (broad SMARTS) is 1. The van der Waals surface area contributed by atoms with Crippen molar-refractivity contribution in [3.8, 4) is 0 Å². The second-order valence-corrected chi connectivity index (χ2v) is 5.74. The summed E-state index contributed by atoms with van der Waals surface area (Å²) < 4.78 is 60.7. The SMILES string of the molecule is CS(=O)(=O)c1ccc(NCC(=O)O)c(C(F)(F)F)c1. The normalized spacial score (nSPS) is 12.2. The lowest BCUT2D eigenvalue weighted by Gasteiger charge is -2.14. The van der Waals surface area contributed by atoms with Crippen LogP contribution >= 0.6 is 0 Å². The molecule has 0 amide bonds. The molecule has 0 atom stereocenters. The summed E-state index contributed by atoms with van der Waals surface area (Å²) in [7, 11) is -3.78. The number of carbonyl (C=O) groups is 1. The predicted molar refractivity (Wildman–Crippen MR) is 60.7 cm³/mol. The number of alkyl halides is 3. The first-order valence-electron chi connectivity index (χ1n) is 4.89. The Balaban J connectivity index is 3.29. The third kappa shape index (κ3) is 4.12. The first-order valence-corrected chi connectivity index (χ1v) is 6.78. The van der Waals surface area contributed by atoms with Crippen molar-refractivity contribution in [2.24, 2.45) is 0 Å². The lowest BCUT2D eigenvalue weighted by molar-refractivity contribution is -0.138. The van der Waals surface area contributed by atoms with Gasteiger partial charge in [-0.15, -0.1) is 0 Å². The standard InChI is InChI=1S/C10H10F3NO4S/c1-19(17,18)6-2-3-8(14-5-9(15)16)7(4-6)10(11,12)13/h2-4,14H,5H2,1H3,(H,15,16). The Kier molecular flexibility index (Phi) is 4.09. The summed E-state index contributed by atoms with van der Waals surface area (Å²) in [5, 5.41) is 10.5. The van der Waals surface area contributed by atoms with Crippen LogP contribution in [0.3, 0.4) is 0 Å². The van der Waals surface area contributed by atoms with E-state index in [2.05, 4.69) is 5.32 Å². The van der Waals surface area contributed by atoms with Crippen molar-refractivity contribution in [1.82, 2.24) is 0 Å². The third-order valence-corrected chi connectivity index (χ3v) is 3.26. The van der Waals surface area contributed by atoms with Crippen molar-refractivity contribution < 1.29 is 31.5 Å². The van der Waals surface area contributed by atoms with E-state index in [9.17, 15) is 26.4 Å². The van der Waals surface area contributed by atoms with Crippen LogP contribution in [-0.2, 0) is 20.8 Å². The molecular weight excluding hydrogens is 287 g/mol. The Bertz CT molecular complexity index is 595. The number of halogens is 3. The summed E-state index contributed by atoms with van der Waals surface area (Å²) in [6, 6.07) is 2.34. The zero-order valence-electron chi connectivity index (χ0n) is 9.65. The molecule has 19 heavy (non-hydrogen) atoms. The molecule has 1 aromatic rings. The van der Waals surface area contributed by atoms with Gasteiger partial charge in [-0.2, -0.15) is 13.2 Å². The van der Waals surface area contributed by atoms with E-state index >= 15 is 0 Å². The number of benzene rings is 1. The van der Waals surface area contributed by atoms with E-state index in [1.165, 1.54) is 0 Å². The summed E-state index contributed by atoms with van der Waals surface area (Å²) in [4.78, 5) is 9.83. The summed E-state index contributed by atoms with van der Waals surface area (Å²) in [5.41, 5.74) is -1.71. The Morgan fingerprint density at radius 3 is 2.37 bits per heavy atom. The lowest BCUT2D eigenvalue weighted by atomic mass is 10.1. The van der Waals surface area contributed by atoms with Gasteiger partial charge in [0, 0.05) is 11.9 Å². The average molecular weight is 297 g/mol. The Hall–Kier alpha value is -1.77. The maximum absolute atomic E-state index is 12.8. The Morgan fingerprint density at radius 2 is 1.95 bits per heavy atom. The fourth-order valence-electron chi connectivity index (χ4n) is 1.31. The molecule has 0 aromatic heterocycles. The minimum atomic E-state index is -4.79. The largest absolute Gasteiger partial charge is 0.480 e. The van der Waals surface area contributed by atoms with E-state index in [1.807, 2.05) is 0 Å². The van der Waals surface area contributed by atoms with Crippen LogP contribution in [0.2, 0.25) is 0 Å². The van der Waals surface area contributed by atoms with Crippen molar-refractivity contribution in [1.29, 1.82) is 0 Å². The number of anilines is 1. The molecule has 1 rings (SSSR count). The number of aliphatic carboxylic acids is 1. The third-order valence-electron chi connectivity index (χ3n) is 2.15. The monoisotopic (exact) mass is 297 g/mol. The van der Waals surface area contributed by atoms with Crippen LogP contribution in [0.5, 0.6) is 0 Å². The molecule has 0 saturated carbocycles. The number of carboxylic acids is 1. The van der Waals surface area contributed by atoms with Gasteiger partial charge in [0.05, 0.1) is 10.5 Å². The lowest BCUT2D eigenvalue weighted by Crippen LogP contribution is -2.17. The summed E-state index contributed by atoms with van der Waals surface area (Å²) in [5.74, 6) is -1.33. The smallest absolute Gasteiger partial charge is 0.418 e. The van der Waals surface area contributed by atoms with Crippen molar-refractivity contribution in [3.63, 3.8) is 0 Å². The molecule has 0 fully saturated rings. The number of hydrogen-bond acceptors (Lipinski definition) is 4. The van der Waals surface area contributed by atoms with Gasteiger partial charge < -0.3 is 10.4 Å². The van der Waals surface area contributed by atoms with E-state index in [0.29, 0.717) is 6.07 Å². The maximum Gasteiger partial charge on any atom is 0.418 e. The molecule has 0 unspecified atom stereocenters. The van der Waals surface area contributed by atoms with Crippen molar-refractivity contribution in [3.05, 3.63) is 23.8 Å². The van der Waals surface area contributed by atoms with Crippen LogP contribution in [0.4, 0.5) is 18.9 Å². The van der Waals surface area contributed by atoms with Crippen LogP contribution in [0, 0.1) is 0 Å². The van der Waals surface area contributed by atoms with Gasteiger partial charge in [0.2, 0.25) is 0 Å². The molecule has 0 saturated heterocycles. The first-order chi connectivity index (χ1) is 8.51. The molecule has 0 radical (unpaired) electrons. The van der Waals surface area contributed by atoms with E-state index < -0.39 is 44.7 Å². The van der Waals surface area contributed by atoms with Gasteiger partial charge in [-0.05, 0) is 18.2 Å². The molecule has 0 bridgehead atoms. The van der Waals surface area contributed by atoms with E-state index in [-0.39, 0.29) is 0 Å². The predicted octanol–water partition coefficient (Wildman–Crippen LogP) is 1.61. The number of hydrogen-bond donors (Lipinski definition) is 2. The molecule has 1 aromatic carbocycles. The van der Waals surface area contributed by atoms with Crippen LogP contribution in [0.1, 0.15) is 5.56 Å². The number of sulfone groups is 1. The van der Waals surface area contributed by atoms with Crippen molar-refractivity contribution >= 4 is 21.5 Å². The maximum atomic E-state index is 12.8. The molecule has 0 aliphatic heterocycles. The van der Waals surface area contributed by atoms with Crippen LogP contribution in [0.15, 0.2) is 23.1 Å². The fourth-order valence-corrected chi connectivity index (χ4v) is 1.96. The highest BCUT2D eigenvalue weighted by Gasteiger charge is 2.34. The van der Waals surface area contributed by atoms with E-state index in [4.69, 9.17) is 5.11 Å². The zero-order chi connectivity index (χ0) is 14.8. The minimum absolute atomic E-state index is 0.472. The highest BCUT2D eigenvalue weighted by Crippen LogP contribution is 2.36. The zero-order valence-corrected chi connectivity index (χ0v) is 10.5. The molecule has 0 heterocycles. The molecule has 5 nitrogen and oxygen atoms in total. The topological polar surface area (TPSA) is 83.5 Å². The van der Waals surface area contributed by atoms with Crippen LogP contribution in [-0.4, -0.2) is 32.3 Å². The summed E-state index contributed by atoms with van der Waals surface area (Å²) in [6.45, 7) is -0.707. The van der Waals surface area contributed by atoms with Crippen molar-refractivity contribution in [2.75, 3.05) is 18.1 Å². The quantitative estimate of drug-likeness (QED) is 0.882. The van der Waals surface area contributed by atoms with Gasteiger partial charge in [-0.25, -0.2) is 8.42 Å². The van der Waals surface area contributed by atoms with Gasteiger partial charge in [0.15, 0.2) is 9.84 Å². The fraction of sp³-hybridized carbons (Fsp3) is 0.300. The van der Waals surface area contributed by atoms with E-state index in [1.54, 1.807) is 0 Å². The molecule has 2 N–H and O–H groups in total. The molecule has 9 heteroatoms. The van der Waals surface area contributed by atoms with Crippen LogP contribution in [0.25, 0.3) is 0 Å². The van der Waals surface area contributed by atoms with E-state index in [0.717, 1.165) is 18.4 Å². The number of rotatable bonds is 4. The molecule has 0 aliphatic rings. The molecule has 0 spiro atoms. The van der Waals surface area contributed by atoms with Gasteiger partial charge in [0.1, 0.15) is 6.54 Å². The molecule has 0 aliphatic carbocycles. The van der Waals surface area contributed by atoms with Gasteiger partial charge in [0.25, 0.3) is 0 Å². The van der Waals surface area contributed by atoms with Crippen LogP contribution < -0.4 is 5.32 Å². The van der Waals surface area contributed by atoms with Gasteiger partial charge in [-0.1, -0.05) is 0 Å². The second-order valence-electron chi connectivity index (χ2n) is 3.72. The summed E-state index contributed by atoms with van der Waals surface area (Å²) in [6.07, 6.45) is -4.01. The Morgan fingerprint density at radius 1 is 1.37 bits per heavy atom. The highest BCUT2D eigenvalue weighted by atomic mass is 32.2. The highest BCUT2D eigenvalue weighted by molar-refractivity contribution is 7.90.